The second kappa shape index (κ2) is 10.4. The van der Waals surface area contributed by atoms with Crippen LogP contribution in [0.3, 0.4) is 0 Å². The van der Waals surface area contributed by atoms with Crippen LogP contribution in [0.2, 0.25) is 0 Å². The summed E-state index contributed by atoms with van der Waals surface area (Å²) in [6, 6.07) is 8.25. The second-order valence-corrected chi connectivity index (χ2v) is 7.94. The Hall–Kier alpha value is -1.71. The molecule has 4 heteroatoms. The SMILES string of the molecule is CCOc1ccc(CC(C)(C)OC(=O)NC2CCCCCCCC2)cc1. The molecule has 1 aromatic carbocycles. The van der Waals surface area contributed by atoms with Gasteiger partial charge < -0.3 is 14.8 Å². The molecule has 1 aliphatic rings. The quantitative estimate of drug-likeness (QED) is 0.713. The maximum Gasteiger partial charge on any atom is 0.407 e. The van der Waals surface area contributed by atoms with Crippen molar-refractivity contribution in [3.8, 4) is 5.75 Å². The van der Waals surface area contributed by atoms with Gasteiger partial charge in [-0.15, -0.1) is 0 Å². The summed E-state index contributed by atoms with van der Waals surface area (Å²) in [5.41, 5.74) is 0.587. The normalized spacial score (nSPS) is 16.9. The van der Waals surface area contributed by atoms with E-state index in [1.165, 1.54) is 38.5 Å². The zero-order valence-electron chi connectivity index (χ0n) is 16.7. The van der Waals surface area contributed by atoms with Gasteiger partial charge in [0.2, 0.25) is 0 Å². The average Bonchev–Trinajstić information content (AvgIpc) is 2.70. The smallest absolute Gasteiger partial charge is 0.407 e. The molecule has 2 rings (SSSR count). The highest BCUT2D eigenvalue weighted by Gasteiger charge is 2.25. The fourth-order valence-electron chi connectivity index (χ4n) is 3.62. The standard InChI is InChI=1S/C22H35NO3/c1-4-25-20-15-13-18(14-16-20)17-22(2,3)26-21(24)23-19-11-9-7-5-6-8-10-12-19/h13-16,19H,4-12,17H2,1-3H3,(H,23,24). The summed E-state index contributed by atoms with van der Waals surface area (Å²) in [6.45, 7) is 6.56. The highest BCUT2D eigenvalue weighted by molar-refractivity contribution is 5.68. The highest BCUT2D eigenvalue weighted by atomic mass is 16.6. The summed E-state index contributed by atoms with van der Waals surface area (Å²) in [4.78, 5) is 12.4. The molecule has 1 aliphatic carbocycles. The van der Waals surface area contributed by atoms with Crippen LogP contribution >= 0.6 is 0 Å². The Bertz CT molecular complexity index is 529. The van der Waals surface area contributed by atoms with E-state index < -0.39 is 5.60 Å². The first-order chi connectivity index (χ1) is 12.5. The summed E-state index contributed by atoms with van der Waals surface area (Å²) in [5, 5.41) is 3.10. The van der Waals surface area contributed by atoms with Gasteiger partial charge in [0.15, 0.2) is 0 Å². The van der Waals surface area contributed by atoms with Crippen molar-refractivity contribution in [3.05, 3.63) is 29.8 Å². The summed E-state index contributed by atoms with van der Waals surface area (Å²) < 4.78 is 11.2. The first-order valence-corrected chi connectivity index (χ1v) is 10.2. The molecule has 0 unspecified atom stereocenters. The van der Waals surface area contributed by atoms with E-state index in [0.717, 1.165) is 24.2 Å². The molecule has 0 aromatic heterocycles. The van der Waals surface area contributed by atoms with Crippen LogP contribution in [0.4, 0.5) is 4.79 Å². The summed E-state index contributed by atoms with van der Waals surface area (Å²) >= 11 is 0. The highest BCUT2D eigenvalue weighted by Crippen LogP contribution is 2.21. The summed E-state index contributed by atoms with van der Waals surface area (Å²) in [5.74, 6) is 0.868. The van der Waals surface area contributed by atoms with E-state index in [2.05, 4.69) is 5.32 Å². The van der Waals surface area contributed by atoms with Crippen LogP contribution in [0, 0.1) is 0 Å². The molecule has 1 N–H and O–H groups in total. The molecule has 1 amide bonds. The number of carbonyl (C=O) groups is 1. The van der Waals surface area contributed by atoms with Crippen LogP contribution in [0.1, 0.15) is 77.7 Å². The van der Waals surface area contributed by atoms with Crippen LogP contribution in [-0.2, 0) is 11.2 Å². The number of hydrogen-bond acceptors (Lipinski definition) is 3. The van der Waals surface area contributed by atoms with Crippen LogP contribution in [0.15, 0.2) is 24.3 Å². The molecule has 1 fully saturated rings. The zero-order valence-corrected chi connectivity index (χ0v) is 16.7. The van der Waals surface area contributed by atoms with Gasteiger partial charge in [-0.2, -0.15) is 0 Å². The van der Waals surface area contributed by atoms with Crippen LogP contribution < -0.4 is 10.1 Å². The van der Waals surface area contributed by atoms with Crippen molar-refractivity contribution in [3.63, 3.8) is 0 Å². The third-order valence-corrected chi connectivity index (χ3v) is 4.91. The predicted molar refractivity (Wildman–Crippen MR) is 106 cm³/mol. The average molecular weight is 362 g/mol. The van der Waals surface area contributed by atoms with Crippen molar-refractivity contribution in [1.29, 1.82) is 0 Å². The number of rotatable bonds is 6. The maximum atomic E-state index is 12.4. The minimum absolute atomic E-state index is 0.252. The molecule has 0 radical (unpaired) electrons. The summed E-state index contributed by atoms with van der Waals surface area (Å²) in [6.07, 6.45) is 10.1. The molecule has 146 valence electrons. The monoisotopic (exact) mass is 361 g/mol. The number of nitrogens with one attached hydrogen (secondary N) is 1. The number of hydrogen-bond donors (Lipinski definition) is 1. The van der Waals surface area contributed by atoms with Gasteiger partial charge in [-0.1, -0.05) is 50.7 Å². The molecule has 0 saturated heterocycles. The first kappa shape index (κ1) is 20.6. The van der Waals surface area contributed by atoms with Gasteiger partial charge in [0.05, 0.1) is 6.61 Å². The first-order valence-electron chi connectivity index (χ1n) is 10.2. The molecular weight excluding hydrogens is 326 g/mol. The van der Waals surface area contributed by atoms with Gasteiger partial charge >= 0.3 is 6.09 Å². The van der Waals surface area contributed by atoms with E-state index in [0.29, 0.717) is 13.0 Å². The topological polar surface area (TPSA) is 47.6 Å². The predicted octanol–water partition coefficient (Wildman–Crippen LogP) is 5.64. The lowest BCUT2D eigenvalue weighted by Gasteiger charge is -2.27. The Morgan fingerprint density at radius 1 is 1.04 bits per heavy atom. The molecule has 0 bridgehead atoms. The van der Waals surface area contributed by atoms with Crippen molar-refractivity contribution < 1.29 is 14.3 Å². The Balaban J connectivity index is 1.83. The number of amides is 1. The fraction of sp³-hybridized carbons (Fsp3) is 0.682. The van der Waals surface area contributed by atoms with E-state index in [1.54, 1.807) is 0 Å². The lowest BCUT2D eigenvalue weighted by molar-refractivity contribution is 0.0367. The van der Waals surface area contributed by atoms with Crippen LogP contribution in [0.5, 0.6) is 5.75 Å². The van der Waals surface area contributed by atoms with Crippen molar-refractivity contribution in [2.45, 2.75) is 90.2 Å². The van der Waals surface area contributed by atoms with E-state index in [9.17, 15) is 4.79 Å². The van der Waals surface area contributed by atoms with Gasteiger partial charge in [-0.05, 0) is 51.3 Å². The van der Waals surface area contributed by atoms with Gasteiger partial charge in [0, 0.05) is 12.5 Å². The van der Waals surface area contributed by atoms with Gasteiger partial charge in [0.25, 0.3) is 0 Å². The van der Waals surface area contributed by atoms with Gasteiger partial charge in [-0.25, -0.2) is 4.79 Å². The van der Waals surface area contributed by atoms with Crippen LogP contribution in [0.25, 0.3) is 0 Å². The van der Waals surface area contributed by atoms with Crippen molar-refractivity contribution >= 4 is 6.09 Å². The molecule has 1 aromatic rings. The minimum Gasteiger partial charge on any atom is -0.494 e. The van der Waals surface area contributed by atoms with E-state index in [4.69, 9.17) is 9.47 Å². The molecule has 0 heterocycles. The zero-order chi connectivity index (χ0) is 18.8. The molecule has 0 spiro atoms. The van der Waals surface area contributed by atoms with Gasteiger partial charge in [-0.3, -0.25) is 0 Å². The molecule has 0 aliphatic heterocycles. The van der Waals surface area contributed by atoms with E-state index in [-0.39, 0.29) is 12.1 Å². The molecule has 26 heavy (non-hydrogen) atoms. The Morgan fingerprint density at radius 3 is 2.19 bits per heavy atom. The fourth-order valence-corrected chi connectivity index (χ4v) is 3.62. The van der Waals surface area contributed by atoms with Gasteiger partial charge in [0.1, 0.15) is 11.4 Å². The molecule has 0 atom stereocenters. The maximum absolute atomic E-state index is 12.4. The Kier molecular flexibility index (Phi) is 8.27. The summed E-state index contributed by atoms with van der Waals surface area (Å²) in [7, 11) is 0. The number of benzene rings is 1. The third-order valence-electron chi connectivity index (χ3n) is 4.91. The lowest BCUT2D eigenvalue weighted by Crippen LogP contribution is -2.41. The van der Waals surface area contributed by atoms with E-state index in [1.807, 2.05) is 45.0 Å². The second-order valence-electron chi connectivity index (χ2n) is 7.94. The largest absolute Gasteiger partial charge is 0.494 e. The molecule has 4 nitrogen and oxygen atoms in total. The molecular formula is C22H35NO3. The Labute approximate surface area is 158 Å². The number of ether oxygens (including phenoxy) is 2. The van der Waals surface area contributed by atoms with Crippen molar-refractivity contribution in [2.75, 3.05) is 6.61 Å². The Morgan fingerprint density at radius 2 is 1.62 bits per heavy atom. The van der Waals surface area contributed by atoms with Crippen molar-refractivity contribution in [2.24, 2.45) is 0 Å². The van der Waals surface area contributed by atoms with Crippen LogP contribution in [-0.4, -0.2) is 24.3 Å². The van der Waals surface area contributed by atoms with E-state index >= 15 is 0 Å². The molecule has 1 saturated carbocycles. The lowest BCUT2D eigenvalue weighted by atomic mass is 9.98. The minimum atomic E-state index is -0.546. The van der Waals surface area contributed by atoms with Crippen molar-refractivity contribution in [1.82, 2.24) is 5.32 Å². The third kappa shape index (κ3) is 7.67. The number of alkyl carbamates (subject to hydrolysis) is 1. The number of carbonyl (C=O) groups excluding carboxylic acids is 1.